The van der Waals surface area contributed by atoms with Gasteiger partial charge in [0.25, 0.3) is 20.1 Å². The van der Waals surface area contributed by atoms with Gasteiger partial charge in [0.15, 0.2) is 34.9 Å². The van der Waals surface area contributed by atoms with Crippen molar-refractivity contribution in [2.24, 2.45) is 0 Å². The third kappa shape index (κ3) is 13.5. The Morgan fingerprint density at radius 2 is 0.436 bits per heavy atom. The minimum atomic E-state index is 0.108. The molecule has 21 heteroatoms. The molecule has 0 saturated carbocycles. The number of rotatable bonds is 11. The van der Waals surface area contributed by atoms with Gasteiger partial charge in [0.2, 0.25) is 5.95 Å². The molecule has 0 amide bonds. The molecule has 0 unspecified atom stereocenters. The van der Waals surface area contributed by atoms with Crippen molar-refractivity contribution in [3.05, 3.63) is 413 Å². The third-order valence-electron chi connectivity index (χ3n) is 25.2. The Bertz CT molecular complexity index is 8420. The summed E-state index contributed by atoms with van der Waals surface area (Å²) >= 11 is 13.2. The van der Waals surface area contributed by atoms with Gasteiger partial charge in [0.05, 0.1) is 44.3 Å². The summed E-state index contributed by atoms with van der Waals surface area (Å²) in [6.45, 7) is 0.433. The fraction of sp³-hybridized carbons (Fsp3) is 0. The quantitative estimate of drug-likeness (QED) is 0.115. The number of anilines is 9. The molecule has 0 atom stereocenters. The monoisotopic (exact) mass is 1820 g/mol. The standard InChI is InChI=1S/C43H27BN4S2.C37H23BN4S2.C32H18BN3S3/c1-4-14-28(15-5-1)41-45-42(29-16-6-2-7-17-29)47-43(46-41)30-24-26-32(27-25-30)48-37-33-20-10-12-22-35(33)49-39(37)44(31-18-8-3-9-19-31)40-38(48)34-21-11-13-23-36(34)50-40;1-4-14-24(15-5-1)35-39-36(25-16-6-2-7-17-25)41-37(40-35)42-31-27-20-10-12-22-29(27)43-33(31)38(26-18-8-3-9-19-26)34-32(42)28-21-11-13-23-30(28)44-34;1-2-10-19(11-3-1)33-30-27(21-13-5-8-16-24(21)38-30)36(28-22-14-6-9-17-25(22)39-31(28)33)32-29-26(34-18-35-32)20-12-4-7-15-23(20)37-29/h1-27H;1-23H;1-18H. The molecule has 3 aliphatic rings. The van der Waals surface area contributed by atoms with Gasteiger partial charge < -0.3 is 4.90 Å². The van der Waals surface area contributed by atoms with Gasteiger partial charge in [-0.05, 0) is 66.7 Å². The van der Waals surface area contributed by atoms with Crippen molar-refractivity contribution in [2.45, 2.75) is 0 Å². The highest BCUT2D eigenvalue weighted by Gasteiger charge is 2.46. The number of hydrogen-bond donors (Lipinski definition) is 0. The average molecular weight is 1820 g/mol. The van der Waals surface area contributed by atoms with Gasteiger partial charge in [-0.3, -0.25) is 9.80 Å². The van der Waals surface area contributed by atoms with Crippen LogP contribution < -0.4 is 59.7 Å². The molecule has 0 bridgehead atoms. The van der Waals surface area contributed by atoms with E-state index in [1.807, 2.05) is 165 Å². The summed E-state index contributed by atoms with van der Waals surface area (Å²) in [5.74, 6) is 4.86. The normalized spacial score (nSPS) is 12.6. The highest BCUT2D eigenvalue weighted by atomic mass is 32.1. The van der Waals surface area contributed by atoms with E-state index in [1.54, 1.807) is 17.7 Å². The highest BCUT2D eigenvalue weighted by molar-refractivity contribution is 7.42. The zero-order chi connectivity index (χ0) is 87.6. The molecule has 0 N–H and O–H groups in total. The maximum atomic E-state index is 5.23. The Balaban J connectivity index is 0.000000105. The Kier molecular flexibility index (Phi) is 19.7. The maximum Gasteiger partial charge on any atom is 0.272 e. The second kappa shape index (κ2) is 33.1. The highest BCUT2D eigenvalue weighted by Crippen LogP contribution is 2.53. The molecule has 10 aromatic heterocycles. The molecule has 28 rings (SSSR count). The topological polar surface area (TPSA) is 113 Å². The second-order valence-corrected chi connectivity index (χ2v) is 40.5. The van der Waals surface area contributed by atoms with Crippen LogP contribution in [0.2, 0.25) is 0 Å². The van der Waals surface area contributed by atoms with E-state index in [1.165, 1.54) is 138 Å². The van der Waals surface area contributed by atoms with E-state index in [2.05, 4.69) is 324 Å². The molecule has 133 heavy (non-hydrogen) atoms. The van der Waals surface area contributed by atoms with E-state index >= 15 is 0 Å². The fourth-order valence-electron chi connectivity index (χ4n) is 19.3. The van der Waals surface area contributed by atoms with E-state index in [0.717, 1.165) is 60.9 Å². The average Bonchev–Trinajstić information content (AvgIpc) is 1.55. The smallest absolute Gasteiger partial charge is 0.272 e. The zero-order valence-corrected chi connectivity index (χ0v) is 76.5. The molecule has 3 aliphatic heterocycles. The van der Waals surface area contributed by atoms with Crippen molar-refractivity contribution in [1.82, 2.24) is 39.9 Å². The predicted octanol–water partition coefficient (Wildman–Crippen LogP) is 25.1. The lowest BCUT2D eigenvalue weighted by Crippen LogP contribution is -2.54. The van der Waals surface area contributed by atoms with Crippen LogP contribution in [0.1, 0.15) is 0 Å². The van der Waals surface area contributed by atoms with Crippen LogP contribution in [-0.2, 0) is 0 Å². The van der Waals surface area contributed by atoms with Gasteiger partial charge >= 0.3 is 0 Å². The zero-order valence-electron chi connectivity index (χ0n) is 70.8. The minimum Gasteiger partial charge on any atom is -0.309 e. The summed E-state index contributed by atoms with van der Waals surface area (Å²) in [5.41, 5.74) is 18.2. The first-order chi connectivity index (χ1) is 66.0. The van der Waals surface area contributed by atoms with E-state index < -0.39 is 0 Å². The van der Waals surface area contributed by atoms with Crippen LogP contribution in [0.15, 0.2) is 413 Å². The predicted molar refractivity (Wildman–Crippen MR) is 571 cm³/mol. The van der Waals surface area contributed by atoms with Crippen LogP contribution in [0.25, 0.3) is 138 Å². The van der Waals surface area contributed by atoms with Crippen LogP contribution in [-0.4, -0.2) is 60.0 Å². The van der Waals surface area contributed by atoms with Crippen LogP contribution in [0.4, 0.5) is 51.6 Å². The maximum absolute atomic E-state index is 5.23. The fourth-order valence-corrected chi connectivity index (χ4v) is 28.7. The molecule has 11 nitrogen and oxygen atoms in total. The van der Waals surface area contributed by atoms with Crippen molar-refractivity contribution in [3.8, 4) is 56.9 Å². The molecular weight excluding hydrogens is 1760 g/mol. The number of nitrogens with zero attached hydrogens (tertiary/aromatic N) is 11. The van der Waals surface area contributed by atoms with Crippen molar-refractivity contribution >= 4 is 277 Å². The van der Waals surface area contributed by atoms with E-state index in [-0.39, 0.29) is 20.1 Å². The second-order valence-electron chi connectivity index (χ2n) is 33.0. The first kappa shape index (κ1) is 79.0. The summed E-state index contributed by atoms with van der Waals surface area (Å²) in [6, 6.07) is 144. The van der Waals surface area contributed by atoms with Gasteiger partial charge in [-0.25, -0.2) is 29.9 Å². The summed E-state index contributed by atoms with van der Waals surface area (Å²) in [7, 11) is 0. The van der Waals surface area contributed by atoms with Crippen molar-refractivity contribution in [2.75, 3.05) is 14.7 Å². The summed E-state index contributed by atoms with van der Waals surface area (Å²) in [4.78, 5) is 47.4. The van der Waals surface area contributed by atoms with Crippen LogP contribution in [0, 0.1) is 0 Å². The molecule has 0 spiro atoms. The third-order valence-corrected chi connectivity index (χ3v) is 33.7. The Morgan fingerprint density at radius 3 is 0.744 bits per heavy atom. The van der Waals surface area contributed by atoms with E-state index in [4.69, 9.17) is 39.9 Å². The number of benzene rings is 15. The lowest BCUT2D eigenvalue weighted by molar-refractivity contribution is 1.03. The van der Waals surface area contributed by atoms with Gasteiger partial charge in [-0.2, -0.15) is 9.97 Å². The molecule has 0 radical (unpaired) electrons. The number of hydrogen-bond acceptors (Lipinski definition) is 18. The first-order valence-electron chi connectivity index (χ1n) is 44.1. The van der Waals surface area contributed by atoms with Crippen molar-refractivity contribution in [1.29, 1.82) is 0 Å². The Labute approximate surface area is 794 Å². The van der Waals surface area contributed by atoms with Gasteiger partial charge in [-0.15, -0.1) is 79.4 Å². The largest absolute Gasteiger partial charge is 0.309 e. The van der Waals surface area contributed by atoms with Crippen LogP contribution >= 0.6 is 79.4 Å². The van der Waals surface area contributed by atoms with Crippen molar-refractivity contribution < 1.29 is 0 Å². The minimum absolute atomic E-state index is 0.108. The summed E-state index contributed by atoms with van der Waals surface area (Å²) < 4.78 is 18.2. The van der Waals surface area contributed by atoms with Crippen molar-refractivity contribution in [3.63, 3.8) is 0 Å². The summed E-state index contributed by atoms with van der Waals surface area (Å²) in [5, 5.41) is 8.69. The first-order valence-corrected chi connectivity index (χ1v) is 49.8. The molecule has 25 aromatic rings. The van der Waals surface area contributed by atoms with E-state index in [9.17, 15) is 0 Å². The van der Waals surface area contributed by atoms with Crippen LogP contribution in [0.3, 0.4) is 0 Å². The molecular formula is C112H68B3N11S7. The summed E-state index contributed by atoms with van der Waals surface area (Å²) in [6.07, 6.45) is 1.74. The molecule has 622 valence electrons. The Morgan fingerprint density at radius 1 is 0.195 bits per heavy atom. The SMILES string of the molecule is c1ccc(B2c3sc4ccccc4c3N(c3ccc(-c4nc(-c5ccccc5)nc(-c5ccccc5)n4)cc3)c3c2sc2ccccc32)cc1.c1ccc(B2c3sc4ccccc4c3N(c3nc(-c4ccccc4)nc(-c4ccccc4)n3)c3c2sc2ccccc32)cc1.c1ccc(B2c3sc4ccccc4c3N(c3ncnc4c3sc3ccccc34)c3c2sc2ccccc32)cc1. The van der Waals surface area contributed by atoms with Crippen LogP contribution in [0.5, 0.6) is 0 Å². The molecule has 13 heterocycles. The number of fused-ring (bicyclic) bond motifs is 21. The molecule has 15 aromatic carbocycles. The number of thiophene rings is 7. The lowest BCUT2D eigenvalue weighted by atomic mass is 9.41. The molecule has 0 saturated heterocycles. The molecule has 0 fully saturated rings. The van der Waals surface area contributed by atoms with Gasteiger partial charge in [0, 0.05) is 133 Å². The lowest BCUT2D eigenvalue weighted by Gasteiger charge is -2.33. The van der Waals surface area contributed by atoms with Gasteiger partial charge in [0.1, 0.15) is 6.33 Å². The Hall–Kier alpha value is -15.0. The van der Waals surface area contributed by atoms with E-state index in [0.29, 0.717) is 35.1 Å². The molecule has 0 aliphatic carbocycles. The number of aromatic nitrogens is 8. The van der Waals surface area contributed by atoms with Gasteiger partial charge in [-0.1, -0.05) is 356 Å².